The number of rotatable bonds is 4. The van der Waals surface area contributed by atoms with Gasteiger partial charge in [-0.2, -0.15) is 0 Å². The van der Waals surface area contributed by atoms with Gasteiger partial charge in [-0.05, 0) is 49.8 Å². The fraction of sp³-hybridized carbons (Fsp3) is 0.647. The van der Waals surface area contributed by atoms with E-state index in [9.17, 15) is 9.50 Å². The molecule has 1 aliphatic heterocycles. The Hall–Kier alpha value is -0.580. The van der Waals surface area contributed by atoms with Crippen LogP contribution in [0.5, 0.6) is 0 Å². The predicted octanol–water partition coefficient (Wildman–Crippen LogP) is 4.02. The van der Waals surface area contributed by atoms with Crippen LogP contribution in [-0.2, 0) is 4.74 Å². The Bertz CT molecular complexity index is 474. The van der Waals surface area contributed by atoms with Gasteiger partial charge >= 0.3 is 0 Å². The molecule has 3 rings (SSSR count). The first-order chi connectivity index (χ1) is 10.2. The van der Waals surface area contributed by atoms with E-state index < -0.39 is 0 Å². The molecule has 116 valence electrons. The van der Waals surface area contributed by atoms with Gasteiger partial charge in [0.1, 0.15) is 5.82 Å². The minimum absolute atomic E-state index is 0.0490. The zero-order valence-electron chi connectivity index (χ0n) is 12.3. The average Bonchev–Trinajstić information content (AvgIpc) is 2.93. The molecule has 1 saturated carbocycles. The molecule has 4 heteroatoms. The molecule has 0 bridgehead atoms. The number of halogens is 1. The van der Waals surface area contributed by atoms with Crippen molar-refractivity contribution in [2.45, 2.75) is 55.1 Å². The van der Waals surface area contributed by atoms with Crippen molar-refractivity contribution in [3.63, 3.8) is 0 Å². The molecule has 1 saturated heterocycles. The van der Waals surface area contributed by atoms with Crippen LogP contribution in [0.2, 0.25) is 0 Å². The highest BCUT2D eigenvalue weighted by molar-refractivity contribution is 7.99. The molecule has 2 aliphatic rings. The van der Waals surface area contributed by atoms with Crippen molar-refractivity contribution in [2.24, 2.45) is 5.92 Å². The summed E-state index contributed by atoms with van der Waals surface area (Å²) in [4.78, 5) is 0.886. The lowest BCUT2D eigenvalue weighted by molar-refractivity contribution is -0.109. The van der Waals surface area contributed by atoms with Gasteiger partial charge in [0.05, 0.1) is 11.7 Å². The molecule has 2 nitrogen and oxygen atoms in total. The maximum Gasteiger partial charge on any atom is 0.124 e. The zero-order chi connectivity index (χ0) is 14.7. The minimum atomic E-state index is -0.334. The van der Waals surface area contributed by atoms with Gasteiger partial charge in [-0.15, -0.1) is 11.8 Å². The zero-order valence-corrected chi connectivity index (χ0v) is 13.1. The van der Waals surface area contributed by atoms with Crippen molar-refractivity contribution < 1.29 is 14.2 Å². The summed E-state index contributed by atoms with van der Waals surface area (Å²) in [5.41, 5.74) is 0.0490. The molecular weight excluding hydrogens is 287 g/mol. The summed E-state index contributed by atoms with van der Waals surface area (Å²) in [5, 5.41) is 10.5. The van der Waals surface area contributed by atoms with Crippen LogP contribution < -0.4 is 0 Å². The molecule has 21 heavy (non-hydrogen) atoms. The quantitative estimate of drug-likeness (QED) is 0.852. The van der Waals surface area contributed by atoms with Crippen molar-refractivity contribution in [2.75, 3.05) is 12.4 Å². The number of hydrogen-bond donors (Lipinski definition) is 1. The molecule has 0 amide bonds. The lowest BCUT2D eigenvalue weighted by atomic mass is 9.82. The normalized spacial score (nSPS) is 26.1. The Morgan fingerprint density at radius 2 is 2.19 bits per heavy atom. The van der Waals surface area contributed by atoms with Crippen molar-refractivity contribution in [1.29, 1.82) is 0 Å². The topological polar surface area (TPSA) is 29.5 Å². The Morgan fingerprint density at radius 3 is 2.95 bits per heavy atom. The van der Waals surface area contributed by atoms with Crippen LogP contribution in [0.1, 0.15) is 38.5 Å². The number of hydrogen-bond acceptors (Lipinski definition) is 3. The second-order valence-electron chi connectivity index (χ2n) is 6.33. The van der Waals surface area contributed by atoms with E-state index in [0.29, 0.717) is 11.7 Å². The standard InChI is InChI=1S/C17H23FO2S/c18-14-4-3-5-15(10-14)21-12-16(19)13-6-9-20-17(11-13)7-1-2-8-17/h3-5,10,13,16,19H,1-2,6-9,11-12H2. The summed E-state index contributed by atoms with van der Waals surface area (Å²) in [7, 11) is 0. The molecule has 1 heterocycles. The van der Waals surface area contributed by atoms with Crippen molar-refractivity contribution in [1.82, 2.24) is 0 Å². The monoisotopic (exact) mass is 310 g/mol. The average molecular weight is 310 g/mol. The molecule has 1 N–H and O–H groups in total. The van der Waals surface area contributed by atoms with E-state index in [4.69, 9.17) is 4.74 Å². The van der Waals surface area contributed by atoms with Gasteiger partial charge in [0.2, 0.25) is 0 Å². The van der Waals surface area contributed by atoms with E-state index in [2.05, 4.69) is 0 Å². The summed E-state index contributed by atoms with van der Waals surface area (Å²) in [6.45, 7) is 0.770. The highest BCUT2D eigenvalue weighted by Gasteiger charge is 2.41. The molecule has 0 aromatic heterocycles. The van der Waals surface area contributed by atoms with Crippen LogP contribution in [0.4, 0.5) is 4.39 Å². The molecule has 1 aromatic rings. The van der Waals surface area contributed by atoms with E-state index in [-0.39, 0.29) is 17.5 Å². The van der Waals surface area contributed by atoms with E-state index in [1.807, 2.05) is 6.07 Å². The van der Waals surface area contributed by atoms with Gasteiger partial charge < -0.3 is 9.84 Å². The third-order valence-electron chi connectivity index (χ3n) is 4.81. The SMILES string of the molecule is OC(CSc1cccc(F)c1)C1CCOC2(CCCC2)C1. The second-order valence-corrected chi connectivity index (χ2v) is 7.42. The Labute approximate surface area is 130 Å². The highest BCUT2D eigenvalue weighted by Crippen LogP contribution is 2.43. The number of ether oxygens (including phenoxy) is 1. The third-order valence-corrected chi connectivity index (χ3v) is 5.90. The van der Waals surface area contributed by atoms with Crippen molar-refractivity contribution >= 4 is 11.8 Å². The van der Waals surface area contributed by atoms with Crippen LogP contribution in [0.25, 0.3) is 0 Å². The molecule has 0 radical (unpaired) electrons. The number of benzene rings is 1. The Balaban J connectivity index is 1.54. The van der Waals surface area contributed by atoms with Gasteiger partial charge in [-0.25, -0.2) is 4.39 Å². The molecule has 2 unspecified atom stereocenters. The van der Waals surface area contributed by atoms with Crippen LogP contribution in [0, 0.1) is 11.7 Å². The summed E-state index contributed by atoms with van der Waals surface area (Å²) in [6, 6.07) is 6.58. The smallest absolute Gasteiger partial charge is 0.124 e. The van der Waals surface area contributed by atoms with Crippen LogP contribution in [-0.4, -0.2) is 29.2 Å². The van der Waals surface area contributed by atoms with Crippen LogP contribution in [0.15, 0.2) is 29.2 Å². The highest BCUT2D eigenvalue weighted by atomic mass is 32.2. The van der Waals surface area contributed by atoms with E-state index in [1.165, 1.54) is 36.7 Å². The van der Waals surface area contributed by atoms with E-state index in [0.717, 1.165) is 37.2 Å². The van der Waals surface area contributed by atoms with E-state index >= 15 is 0 Å². The van der Waals surface area contributed by atoms with Crippen LogP contribution >= 0.6 is 11.8 Å². The fourth-order valence-electron chi connectivity index (χ4n) is 3.64. The van der Waals surface area contributed by atoms with Crippen molar-refractivity contribution in [3.8, 4) is 0 Å². The number of thioether (sulfide) groups is 1. The summed E-state index contributed by atoms with van der Waals surface area (Å²) in [5.74, 6) is 0.730. The number of aliphatic hydroxyl groups excluding tert-OH is 1. The molecule has 2 atom stereocenters. The predicted molar refractivity (Wildman–Crippen MR) is 83.0 cm³/mol. The molecule has 2 fully saturated rings. The lowest BCUT2D eigenvalue weighted by Crippen LogP contribution is -2.41. The first-order valence-electron chi connectivity index (χ1n) is 7.87. The first kappa shape index (κ1) is 15.3. The third kappa shape index (κ3) is 3.79. The van der Waals surface area contributed by atoms with Gasteiger partial charge in [0.25, 0.3) is 0 Å². The molecular formula is C17H23FO2S. The second kappa shape index (κ2) is 6.67. The largest absolute Gasteiger partial charge is 0.392 e. The molecule has 1 aromatic carbocycles. The number of aliphatic hydroxyl groups is 1. The Kier molecular flexibility index (Phi) is 4.87. The van der Waals surface area contributed by atoms with Gasteiger partial charge in [-0.1, -0.05) is 18.9 Å². The molecule has 1 spiro atoms. The van der Waals surface area contributed by atoms with Gasteiger partial charge in [-0.3, -0.25) is 0 Å². The lowest BCUT2D eigenvalue weighted by Gasteiger charge is -2.40. The molecule has 1 aliphatic carbocycles. The van der Waals surface area contributed by atoms with Gasteiger partial charge in [0, 0.05) is 17.3 Å². The maximum atomic E-state index is 13.2. The fourth-order valence-corrected chi connectivity index (χ4v) is 4.64. The summed E-state index contributed by atoms with van der Waals surface area (Å²) >= 11 is 1.54. The van der Waals surface area contributed by atoms with Crippen LogP contribution in [0.3, 0.4) is 0 Å². The van der Waals surface area contributed by atoms with Gasteiger partial charge in [0.15, 0.2) is 0 Å². The maximum absolute atomic E-state index is 13.2. The van der Waals surface area contributed by atoms with Crippen molar-refractivity contribution in [3.05, 3.63) is 30.1 Å². The summed E-state index contributed by atoms with van der Waals surface area (Å²) < 4.78 is 19.2. The Morgan fingerprint density at radius 1 is 1.38 bits per heavy atom. The van der Waals surface area contributed by atoms with E-state index in [1.54, 1.807) is 6.07 Å². The minimum Gasteiger partial charge on any atom is -0.392 e. The summed E-state index contributed by atoms with van der Waals surface area (Å²) in [6.07, 6.45) is 6.38. The first-order valence-corrected chi connectivity index (χ1v) is 8.86.